The summed E-state index contributed by atoms with van der Waals surface area (Å²) in [6.45, 7) is 15.4. The Hall–Kier alpha value is -0.481. The van der Waals surface area contributed by atoms with Gasteiger partial charge in [-0.2, -0.15) is 0 Å². The van der Waals surface area contributed by atoms with Gasteiger partial charge in [-0.05, 0) is 78.0 Å². The SMILES string of the molecule is O.O.O.O.O.O.O.O.O.O.O.O=C([O-])CN1CCCN2CCN(CCCN(CP(=O)([O-])O)CC2)CC1.O=C([O-])CN1CCCN2CCN(CCCN(CP(=O)([O-])O)CC2)CC1.[Cu+2].[Cu+2]. The van der Waals surface area contributed by atoms with Crippen molar-refractivity contribution in [3.63, 3.8) is 0 Å². The maximum Gasteiger partial charge on any atom is 2.00 e. The van der Waals surface area contributed by atoms with Crippen molar-refractivity contribution >= 4 is 27.1 Å². The number of carbonyl (C=O) groups excluding carboxylic acids is 2. The molecule has 4 saturated heterocycles. The van der Waals surface area contributed by atoms with Crippen LogP contribution in [0.5, 0.6) is 0 Å². The molecule has 4 rings (SSSR count). The third-order valence-electron chi connectivity index (χ3n) is 9.65. The molecule has 4 aliphatic heterocycles. The summed E-state index contributed by atoms with van der Waals surface area (Å²) in [5.74, 6) is -2.08. The monoisotopic (exact) mass is 1080 g/mol. The van der Waals surface area contributed by atoms with Crippen LogP contribution in [0.4, 0.5) is 0 Å². The second-order valence-corrected chi connectivity index (χ2v) is 17.0. The number of hydrogen-bond donors (Lipinski definition) is 2. The molecule has 398 valence electrons. The van der Waals surface area contributed by atoms with E-state index in [0.717, 1.165) is 104 Å². The van der Waals surface area contributed by atoms with Crippen LogP contribution in [-0.2, 0) is 52.9 Å². The molecule has 0 spiro atoms. The van der Waals surface area contributed by atoms with Crippen LogP contribution in [0.1, 0.15) is 25.7 Å². The Morgan fingerprint density at radius 1 is 0.365 bits per heavy atom. The summed E-state index contributed by atoms with van der Waals surface area (Å²) in [7, 11) is -8.58. The van der Waals surface area contributed by atoms with Gasteiger partial charge in [-0.25, -0.2) is 0 Å². The summed E-state index contributed by atoms with van der Waals surface area (Å²) < 4.78 is 22.4. The molecule has 63 heavy (non-hydrogen) atoms. The van der Waals surface area contributed by atoms with Crippen LogP contribution in [0, 0.1) is 0 Å². The van der Waals surface area contributed by atoms with E-state index in [1.54, 1.807) is 9.80 Å². The minimum absolute atomic E-state index is 0. The van der Waals surface area contributed by atoms with Gasteiger partial charge in [-0.15, -0.1) is 0 Å². The molecule has 0 aromatic heterocycles. The van der Waals surface area contributed by atoms with Crippen LogP contribution in [0.25, 0.3) is 0 Å². The van der Waals surface area contributed by atoms with E-state index in [1.165, 1.54) is 0 Å². The molecule has 4 fully saturated rings. The minimum atomic E-state index is -4.29. The number of nitrogens with zero attached hydrogens (tertiary/aromatic N) is 8. The minimum Gasteiger partial charge on any atom is -0.778 e. The van der Waals surface area contributed by atoms with Crippen molar-refractivity contribution in [1.82, 2.24) is 39.2 Å². The maximum absolute atomic E-state index is 11.2. The van der Waals surface area contributed by atoms with Crippen LogP contribution in [0.15, 0.2) is 0 Å². The zero-order valence-electron chi connectivity index (χ0n) is 35.5. The number of aliphatic carboxylic acids is 2. The van der Waals surface area contributed by atoms with E-state index in [0.29, 0.717) is 52.4 Å². The Balaban J connectivity index is -0.0000000791. The number of rotatable bonds is 8. The van der Waals surface area contributed by atoms with Crippen molar-refractivity contribution in [2.75, 3.05) is 157 Å². The van der Waals surface area contributed by atoms with Gasteiger partial charge in [-0.3, -0.25) is 19.6 Å². The molecule has 0 aromatic rings. The second-order valence-electron chi connectivity index (χ2n) is 13.9. The van der Waals surface area contributed by atoms with Crippen LogP contribution in [0.2, 0.25) is 0 Å². The van der Waals surface area contributed by atoms with Gasteiger partial charge >= 0.3 is 34.1 Å². The summed E-state index contributed by atoms with van der Waals surface area (Å²) in [5.41, 5.74) is 0. The van der Waals surface area contributed by atoms with E-state index in [2.05, 4.69) is 19.6 Å². The number of carbonyl (C=O) groups is 2. The van der Waals surface area contributed by atoms with Crippen molar-refractivity contribution in [2.45, 2.75) is 25.7 Å². The number of carboxylic acid groups (broad SMARTS) is 2. The molecule has 33 heteroatoms. The third-order valence-corrected chi connectivity index (χ3v) is 11.2. The Bertz CT molecular complexity index is 1070. The molecule has 0 amide bonds. The summed E-state index contributed by atoms with van der Waals surface area (Å²) >= 11 is 0. The fraction of sp³-hybridized carbons (Fsp3) is 0.933. The first kappa shape index (κ1) is 89.1. The fourth-order valence-corrected chi connectivity index (χ4v) is 8.60. The predicted octanol–water partition coefficient (Wildman–Crippen LogP) is -14.6. The van der Waals surface area contributed by atoms with E-state index < -0.39 is 27.1 Å². The topological polar surface area (TPSA) is 573 Å². The third kappa shape index (κ3) is 42.6. The van der Waals surface area contributed by atoms with Gasteiger partial charge in [0.25, 0.3) is 0 Å². The Morgan fingerprint density at radius 2 is 0.556 bits per heavy atom. The number of carboxylic acids is 2. The van der Waals surface area contributed by atoms with Gasteiger partial charge in [-0.1, -0.05) is 0 Å². The first-order valence-corrected chi connectivity index (χ1v) is 21.4. The molecule has 2 radical (unpaired) electrons. The van der Waals surface area contributed by atoms with E-state index in [-0.39, 0.29) is 120 Å². The van der Waals surface area contributed by atoms with Crippen LogP contribution in [-0.4, -0.2) is 278 Å². The first-order chi connectivity index (χ1) is 23.6. The fourth-order valence-electron chi connectivity index (χ4n) is 7.03. The van der Waals surface area contributed by atoms with Gasteiger partial charge in [0, 0.05) is 91.6 Å². The van der Waals surface area contributed by atoms with Gasteiger partial charge in [0.15, 0.2) is 0 Å². The summed E-state index contributed by atoms with van der Waals surface area (Å²) in [4.78, 5) is 79.2. The molecular weight excluding hydrogens is 997 g/mol. The normalized spacial score (nSPS) is 24.2. The molecule has 4 heterocycles. The number of hydrogen-bond acceptors (Lipinski definition) is 16. The predicted molar refractivity (Wildman–Crippen MR) is 219 cm³/mol. The van der Waals surface area contributed by atoms with Crippen molar-refractivity contribution < 1.29 is 143 Å². The molecule has 0 aliphatic carbocycles. The maximum atomic E-state index is 11.2. The van der Waals surface area contributed by atoms with Gasteiger partial charge < -0.3 is 128 Å². The van der Waals surface area contributed by atoms with Crippen molar-refractivity contribution in [2.24, 2.45) is 0 Å². The van der Waals surface area contributed by atoms with E-state index in [1.807, 2.05) is 9.80 Å². The Labute approximate surface area is 390 Å². The Morgan fingerprint density at radius 3 is 0.762 bits per heavy atom. The zero-order valence-corrected chi connectivity index (χ0v) is 39.2. The van der Waals surface area contributed by atoms with E-state index >= 15 is 0 Å². The molecule has 0 saturated carbocycles. The van der Waals surface area contributed by atoms with Gasteiger partial charge in [0.1, 0.15) is 15.2 Å². The van der Waals surface area contributed by atoms with Crippen LogP contribution < -0.4 is 20.0 Å². The van der Waals surface area contributed by atoms with Crippen LogP contribution in [0.3, 0.4) is 0 Å². The van der Waals surface area contributed by atoms with Crippen LogP contribution >= 0.6 is 15.2 Å². The average molecular weight is 1080 g/mol. The molecule has 4 bridgehead atoms. The summed E-state index contributed by atoms with van der Waals surface area (Å²) in [5, 5.41) is 21.8. The molecule has 6 atom stereocenters. The molecule has 4 aliphatic rings. The number of fused-ring (bicyclic) bond motifs is 6. The zero-order chi connectivity index (χ0) is 36.6. The Kier molecular flexibility index (Phi) is 66.0. The van der Waals surface area contributed by atoms with Crippen molar-refractivity contribution in [3.8, 4) is 0 Å². The van der Waals surface area contributed by atoms with Gasteiger partial charge in [0.2, 0.25) is 0 Å². The molecule has 29 nitrogen and oxygen atoms in total. The smallest absolute Gasteiger partial charge is 0.778 e. The quantitative estimate of drug-likeness (QED) is 0.168. The summed E-state index contributed by atoms with van der Waals surface area (Å²) in [6, 6.07) is 0. The van der Waals surface area contributed by atoms with Crippen molar-refractivity contribution in [3.05, 3.63) is 0 Å². The van der Waals surface area contributed by atoms with Gasteiger partial charge in [0.05, 0.1) is 24.5 Å². The standard InChI is InChI=1S/2C15H31N4O5P.2Cu.11H2O/c2*20-15(21)13-18-5-1-3-17-8-7-16(9-11-18)4-2-6-19(12-10-17)14-25(22,23)24;;;;;;;;;;;;;/h2*1-14H2,(H,20,21)(H2,22,23,24);;;11*1H2/q;;2*+2;;;;;;;;;;;/p-4. The van der Waals surface area contributed by atoms with Crippen molar-refractivity contribution in [1.29, 1.82) is 0 Å². The molecule has 0 aromatic carbocycles. The molecular formula is C30H80Cu2N8O21P2. The van der Waals surface area contributed by atoms with E-state index in [9.17, 15) is 38.7 Å². The largest absolute Gasteiger partial charge is 2.00 e. The molecule has 24 N–H and O–H groups in total. The second kappa shape index (κ2) is 46.6. The molecule has 6 unspecified atom stereocenters. The summed E-state index contributed by atoms with van der Waals surface area (Å²) in [6.07, 6.45) is 2.79. The average Bonchev–Trinajstić information content (AvgIpc) is 3.01. The first-order valence-electron chi connectivity index (χ1n) is 17.9. The van der Waals surface area contributed by atoms with E-state index in [4.69, 9.17) is 9.79 Å².